The SMILES string of the molecule is COc1cc(C(=O)N2CC[C@](CCN3CCC(NC(=O)N4CCN(CC(=O)O)CC4)(c4cccnc4)CC3)(c3ccc(Cl)c(Cl)c3)C2)cc(OC)c1OC. The Bertz CT molecular complexity index is 1790. The number of aliphatic carboxylic acids is 1. The molecule has 0 unspecified atom stereocenters. The number of carbonyl (C=O) groups is 3. The zero-order valence-electron chi connectivity index (χ0n) is 31.0. The molecule has 0 radical (unpaired) electrons. The Hall–Kier alpha value is -4.30. The lowest BCUT2D eigenvalue weighted by atomic mass is 9.76. The number of hydrogen-bond donors (Lipinski definition) is 2. The van der Waals surface area contributed by atoms with Crippen molar-refractivity contribution in [3.05, 3.63) is 81.6 Å². The Balaban J connectivity index is 1.16. The first kappa shape index (κ1) is 39.4. The molecular weight excluding hydrogens is 735 g/mol. The standard InChI is InChI=1S/C39H48Cl2N6O7/c1-52-32-21-27(22-33(53-2)35(32)54-3)36(50)47-16-9-38(26-47,28-6-7-30(40)31(41)23-28)8-13-44-14-10-39(11-15-44,29-5-4-12-42-24-29)43-37(51)46-19-17-45(18-20-46)25-34(48)49/h4-7,12,21-24H,8-11,13-20,25-26H2,1-3H3,(H,43,51)(H,48,49)/t38-/m0/s1. The Labute approximate surface area is 326 Å². The molecule has 2 N–H and O–H groups in total. The van der Waals surface area contributed by atoms with E-state index in [9.17, 15) is 19.5 Å². The van der Waals surface area contributed by atoms with Gasteiger partial charge in [0.05, 0.1) is 43.5 Å². The molecule has 2 aromatic carbocycles. The molecule has 1 atom stereocenters. The maximum atomic E-state index is 14.0. The maximum absolute atomic E-state index is 14.0. The number of amides is 3. The first-order valence-corrected chi connectivity index (χ1v) is 18.9. The minimum Gasteiger partial charge on any atom is -0.493 e. The molecule has 3 saturated heterocycles. The highest BCUT2D eigenvalue weighted by atomic mass is 35.5. The van der Waals surface area contributed by atoms with E-state index in [1.807, 2.05) is 46.3 Å². The number of piperidine rings is 1. The molecule has 0 saturated carbocycles. The zero-order chi connectivity index (χ0) is 38.5. The molecule has 13 nitrogen and oxygen atoms in total. The zero-order valence-corrected chi connectivity index (χ0v) is 32.5. The van der Waals surface area contributed by atoms with Gasteiger partial charge < -0.3 is 39.3 Å². The van der Waals surface area contributed by atoms with Crippen LogP contribution in [0.5, 0.6) is 17.2 Å². The Morgan fingerprint density at radius 2 is 1.52 bits per heavy atom. The van der Waals surface area contributed by atoms with Crippen LogP contribution in [0.4, 0.5) is 4.79 Å². The summed E-state index contributed by atoms with van der Waals surface area (Å²) in [6.07, 6.45) is 6.46. The number of nitrogens with one attached hydrogen (secondary N) is 1. The summed E-state index contributed by atoms with van der Waals surface area (Å²) in [5.74, 6) is 0.253. The van der Waals surface area contributed by atoms with E-state index in [0.29, 0.717) is 85.0 Å². The summed E-state index contributed by atoms with van der Waals surface area (Å²) >= 11 is 12.9. The van der Waals surface area contributed by atoms with E-state index >= 15 is 0 Å². The average Bonchev–Trinajstić information content (AvgIpc) is 3.63. The summed E-state index contributed by atoms with van der Waals surface area (Å²) in [5, 5.41) is 13.5. The van der Waals surface area contributed by atoms with Crippen molar-refractivity contribution in [3.8, 4) is 17.2 Å². The van der Waals surface area contributed by atoms with Crippen LogP contribution < -0.4 is 19.5 Å². The van der Waals surface area contributed by atoms with Crippen molar-refractivity contribution >= 4 is 41.1 Å². The molecule has 3 amide bonds. The van der Waals surface area contributed by atoms with Gasteiger partial charge in [-0.05, 0) is 73.7 Å². The topological polar surface area (TPSA) is 137 Å². The number of likely N-dealkylation sites (tertiary alicyclic amines) is 2. The molecule has 4 heterocycles. The number of piperazine rings is 1. The number of ether oxygens (including phenoxy) is 3. The van der Waals surface area contributed by atoms with Gasteiger partial charge in [-0.25, -0.2) is 4.79 Å². The van der Waals surface area contributed by atoms with Gasteiger partial charge in [-0.1, -0.05) is 35.3 Å². The van der Waals surface area contributed by atoms with Crippen LogP contribution in [0.15, 0.2) is 54.9 Å². The fourth-order valence-electron chi connectivity index (χ4n) is 8.09. The molecule has 0 spiro atoms. The van der Waals surface area contributed by atoms with Crippen LogP contribution in [-0.4, -0.2) is 134 Å². The number of urea groups is 1. The first-order chi connectivity index (χ1) is 26.0. The number of methoxy groups -OCH3 is 3. The summed E-state index contributed by atoms with van der Waals surface area (Å²) < 4.78 is 16.5. The molecule has 6 rings (SSSR count). The summed E-state index contributed by atoms with van der Waals surface area (Å²) in [5.41, 5.74) is 1.47. The fourth-order valence-corrected chi connectivity index (χ4v) is 8.39. The number of carboxylic acid groups (broad SMARTS) is 1. The van der Waals surface area contributed by atoms with Crippen LogP contribution in [0.3, 0.4) is 0 Å². The molecule has 0 aliphatic carbocycles. The van der Waals surface area contributed by atoms with E-state index in [0.717, 1.165) is 43.6 Å². The van der Waals surface area contributed by atoms with Crippen molar-refractivity contribution in [2.45, 2.75) is 36.6 Å². The number of carboxylic acids is 1. The van der Waals surface area contributed by atoms with E-state index in [-0.39, 0.29) is 23.9 Å². The van der Waals surface area contributed by atoms with Crippen molar-refractivity contribution in [1.82, 2.24) is 29.9 Å². The molecule has 1 aromatic heterocycles. The lowest BCUT2D eigenvalue weighted by Gasteiger charge is -2.45. The second-order valence-electron chi connectivity index (χ2n) is 14.3. The second kappa shape index (κ2) is 17.0. The van der Waals surface area contributed by atoms with Crippen molar-refractivity contribution < 1.29 is 33.7 Å². The lowest BCUT2D eigenvalue weighted by Crippen LogP contribution is -2.59. The van der Waals surface area contributed by atoms with Gasteiger partial charge in [-0.3, -0.25) is 19.5 Å². The van der Waals surface area contributed by atoms with E-state index in [1.165, 1.54) is 21.3 Å². The predicted molar refractivity (Wildman–Crippen MR) is 205 cm³/mol. The van der Waals surface area contributed by atoms with Crippen molar-refractivity contribution in [1.29, 1.82) is 0 Å². The largest absolute Gasteiger partial charge is 0.493 e. The van der Waals surface area contributed by atoms with Crippen LogP contribution in [0.25, 0.3) is 0 Å². The monoisotopic (exact) mass is 782 g/mol. The predicted octanol–water partition coefficient (Wildman–Crippen LogP) is 4.99. The number of pyridine rings is 1. The molecule has 3 aliphatic rings. The van der Waals surface area contributed by atoms with Crippen LogP contribution in [-0.2, 0) is 15.7 Å². The van der Waals surface area contributed by atoms with Crippen molar-refractivity contribution in [2.24, 2.45) is 0 Å². The van der Waals surface area contributed by atoms with Crippen LogP contribution in [0, 0.1) is 0 Å². The van der Waals surface area contributed by atoms with Gasteiger partial charge in [-0.2, -0.15) is 0 Å². The van der Waals surface area contributed by atoms with E-state index in [1.54, 1.807) is 23.2 Å². The number of hydrogen-bond acceptors (Lipinski definition) is 9. The number of carbonyl (C=O) groups excluding carboxylic acids is 2. The maximum Gasteiger partial charge on any atom is 0.318 e. The fraction of sp³-hybridized carbons (Fsp3) is 0.487. The first-order valence-electron chi connectivity index (χ1n) is 18.2. The van der Waals surface area contributed by atoms with Gasteiger partial charge in [0.2, 0.25) is 5.75 Å². The third-order valence-electron chi connectivity index (χ3n) is 11.3. The summed E-state index contributed by atoms with van der Waals surface area (Å²) in [7, 11) is 4.58. The van der Waals surface area contributed by atoms with Crippen molar-refractivity contribution in [2.75, 3.05) is 86.8 Å². The molecule has 3 aromatic rings. The molecule has 290 valence electrons. The van der Waals surface area contributed by atoms with Gasteiger partial charge in [0, 0.05) is 75.7 Å². The average molecular weight is 784 g/mol. The molecule has 0 bridgehead atoms. The summed E-state index contributed by atoms with van der Waals surface area (Å²) in [4.78, 5) is 51.2. The third-order valence-corrected chi connectivity index (χ3v) is 12.0. The van der Waals surface area contributed by atoms with E-state index in [2.05, 4.69) is 15.2 Å². The quantitative estimate of drug-likeness (QED) is 0.259. The number of nitrogens with zero attached hydrogens (tertiary/aromatic N) is 5. The highest BCUT2D eigenvalue weighted by Crippen LogP contribution is 2.43. The third kappa shape index (κ3) is 8.49. The molecule has 3 aliphatic heterocycles. The molecule has 3 fully saturated rings. The highest BCUT2D eigenvalue weighted by Gasteiger charge is 2.44. The normalized spacial score (nSPS) is 20.4. The lowest BCUT2D eigenvalue weighted by molar-refractivity contribution is -0.138. The Morgan fingerprint density at radius 3 is 2.11 bits per heavy atom. The minimum atomic E-state index is -0.868. The minimum absolute atomic E-state index is 0.0290. The van der Waals surface area contributed by atoms with Crippen LogP contribution >= 0.6 is 23.2 Å². The summed E-state index contributed by atoms with van der Waals surface area (Å²) in [6, 6.07) is 12.9. The van der Waals surface area contributed by atoms with Gasteiger partial charge in [-0.15, -0.1) is 0 Å². The summed E-state index contributed by atoms with van der Waals surface area (Å²) in [6.45, 7) is 5.22. The number of aromatic nitrogens is 1. The number of rotatable bonds is 12. The Morgan fingerprint density at radius 1 is 0.815 bits per heavy atom. The molecule has 15 heteroatoms. The number of benzene rings is 2. The van der Waals surface area contributed by atoms with E-state index in [4.69, 9.17) is 37.4 Å². The van der Waals surface area contributed by atoms with Gasteiger partial charge in [0.15, 0.2) is 11.5 Å². The molecular formula is C39H48Cl2N6O7. The van der Waals surface area contributed by atoms with Gasteiger partial charge in [0.1, 0.15) is 0 Å². The van der Waals surface area contributed by atoms with Crippen LogP contribution in [0.2, 0.25) is 10.0 Å². The molecule has 54 heavy (non-hydrogen) atoms. The number of halogens is 2. The van der Waals surface area contributed by atoms with Crippen molar-refractivity contribution in [3.63, 3.8) is 0 Å². The van der Waals surface area contributed by atoms with Gasteiger partial charge in [0.25, 0.3) is 5.91 Å². The Kier molecular flexibility index (Phi) is 12.4. The smallest absolute Gasteiger partial charge is 0.318 e. The van der Waals surface area contributed by atoms with Gasteiger partial charge >= 0.3 is 12.0 Å². The van der Waals surface area contributed by atoms with E-state index < -0.39 is 11.5 Å². The highest BCUT2D eigenvalue weighted by molar-refractivity contribution is 6.42. The second-order valence-corrected chi connectivity index (χ2v) is 15.1. The van der Waals surface area contributed by atoms with Crippen LogP contribution in [0.1, 0.15) is 47.2 Å².